The third-order valence-electron chi connectivity index (χ3n) is 2.40. The van der Waals surface area contributed by atoms with E-state index in [0.717, 1.165) is 11.3 Å². The molecule has 0 spiro atoms. The zero-order valence-electron chi connectivity index (χ0n) is 9.18. The van der Waals surface area contributed by atoms with Gasteiger partial charge in [0.05, 0.1) is 0 Å². The molecule has 16 heavy (non-hydrogen) atoms. The van der Waals surface area contributed by atoms with Crippen LogP contribution in [0.25, 0.3) is 5.69 Å². The molecule has 0 saturated heterocycles. The van der Waals surface area contributed by atoms with Crippen LogP contribution in [0.3, 0.4) is 0 Å². The summed E-state index contributed by atoms with van der Waals surface area (Å²) in [6, 6.07) is 12.0. The third-order valence-corrected chi connectivity index (χ3v) is 2.40. The van der Waals surface area contributed by atoms with Crippen LogP contribution in [0, 0.1) is 0 Å². The molecule has 1 amide bonds. The molecule has 0 atom stereocenters. The molecule has 2 rings (SSSR count). The van der Waals surface area contributed by atoms with Gasteiger partial charge in [-0.1, -0.05) is 18.2 Å². The number of amides is 1. The first kappa shape index (κ1) is 10.5. The average Bonchev–Trinajstić information content (AvgIpc) is 2.80. The largest absolute Gasteiger partial charge is 0.352 e. The average molecular weight is 214 g/mol. The lowest BCUT2D eigenvalue weighted by molar-refractivity contribution is -0.119. The van der Waals surface area contributed by atoms with Gasteiger partial charge in [0.15, 0.2) is 0 Å². The number of hydrogen-bond donors (Lipinski definition) is 1. The summed E-state index contributed by atoms with van der Waals surface area (Å²) in [7, 11) is 0. The Morgan fingerprint density at radius 2 is 1.88 bits per heavy atom. The summed E-state index contributed by atoms with van der Waals surface area (Å²) in [6.45, 7) is 2.09. The minimum Gasteiger partial charge on any atom is -0.352 e. The van der Waals surface area contributed by atoms with Crippen molar-refractivity contribution in [2.75, 3.05) is 0 Å². The summed E-state index contributed by atoms with van der Waals surface area (Å²) in [5.74, 6) is -0.0118. The summed E-state index contributed by atoms with van der Waals surface area (Å²) in [4.78, 5) is 10.9. The van der Waals surface area contributed by atoms with Gasteiger partial charge in [0.1, 0.15) is 0 Å². The Morgan fingerprint density at radius 3 is 2.56 bits per heavy atom. The van der Waals surface area contributed by atoms with Crippen LogP contribution in [-0.2, 0) is 11.3 Å². The molecule has 1 N–H and O–H groups in total. The van der Waals surface area contributed by atoms with Gasteiger partial charge < -0.3 is 9.88 Å². The second-order valence-electron chi connectivity index (χ2n) is 3.63. The molecule has 3 heteroatoms. The highest BCUT2D eigenvalue weighted by Crippen LogP contribution is 2.14. The van der Waals surface area contributed by atoms with Crippen LogP contribution in [0.15, 0.2) is 48.8 Å². The molecule has 1 heterocycles. The predicted molar refractivity (Wildman–Crippen MR) is 63.3 cm³/mol. The molecule has 0 aliphatic carbocycles. The summed E-state index contributed by atoms with van der Waals surface area (Å²) < 4.78 is 2.04. The van der Waals surface area contributed by atoms with Crippen molar-refractivity contribution in [2.24, 2.45) is 0 Å². The normalized spacial score (nSPS) is 10.1. The molecule has 0 radical (unpaired) electrons. The number of nitrogens with zero attached hydrogens (tertiary/aromatic N) is 1. The summed E-state index contributed by atoms with van der Waals surface area (Å²) >= 11 is 0. The van der Waals surface area contributed by atoms with Crippen LogP contribution < -0.4 is 5.32 Å². The van der Waals surface area contributed by atoms with Crippen molar-refractivity contribution in [3.8, 4) is 5.69 Å². The fourth-order valence-corrected chi connectivity index (χ4v) is 1.63. The Hall–Kier alpha value is -2.03. The number of carbonyl (C=O) groups excluding carboxylic acids is 1. The number of hydrogen-bond acceptors (Lipinski definition) is 1. The van der Waals surface area contributed by atoms with E-state index < -0.39 is 0 Å². The lowest BCUT2D eigenvalue weighted by Gasteiger charge is -2.10. The zero-order valence-corrected chi connectivity index (χ0v) is 9.18. The molecule has 0 fully saturated rings. The molecule has 0 saturated carbocycles. The molecule has 1 aromatic heterocycles. The van der Waals surface area contributed by atoms with Gasteiger partial charge >= 0.3 is 0 Å². The number of para-hydroxylation sites is 1. The third kappa shape index (κ3) is 2.31. The number of nitrogens with one attached hydrogen (secondary N) is 1. The Morgan fingerprint density at radius 1 is 1.19 bits per heavy atom. The Bertz CT molecular complexity index is 474. The molecule has 82 valence electrons. The lowest BCUT2D eigenvalue weighted by Crippen LogP contribution is -2.19. The Balaban J connectivity index is 2.27. The summed E-state index contributed by atoms with van der Waals surface area (Å²) in [6.07, 6.45) is 3.99. The van der Waals surface area contributed by atoms with Crippen molar-refractivity contribution in [1.82, 2.24) is 9.88 Å². The molecule has 3 nitrogen and oxygen atoms in total. The maximum Gasteiger partial charge on any atom is 0.217 e. The van der Waals surface area contributed by atoms with Gasteiger partial charge in [-0.25, -0.2) is 0 Å². The first-order chi connectivity index (χ1) is 7.77. The van der Waals surface area contributed by atoms with Crippen molar-refractivity contribution >= 4 is 5.91 Å². The van der Waals surface area contributed by atoms with E-state index in [0.29, 0.717) is 6.54 Å². The molecule has 2 aromatic rings. The number of rotatable bonds is 3. The van der Waals surface area contributed by atoms with E-state index in [1.165, 1.54) is 6.92 Å². The Kier molecular flexibility index (Phi) is 3.05. The van der Waals surface area contributed by atoms with Crippen LogP contribution >= 0.6 is 0 Å². The van der Waals surface area contributed by atoms with Crippen molar-refractivity contribution in [1.29, 1.82) is 0 Å². The minimum atomic E-state index is -0.0118. The number of aromatic nitrogens is 1. The first-order valence-electron chi connectivity index (χ1n) is 5.23. The van der Waals surface area contributed by atoms with Crippen molar-refractivity contribution < 1.29 is 4.79 Å². The highest BCUT2D eigenvalue weighted by Gasteiger charge is 2.02. The van der Waals surface area contributed by atoms with Crippen LogP contribution in [0.4, 0.5) is 0 Å². The number of benzene rings is 1. The predicted octanol–water partition coefficient (Wildman–Crippen LogP) is 2.11. The topological polar surface area (TPSA) is 34.0 Å². The number of carbonyl (C=O) groups is 1. The van der Waals surface area contributed by atoms with Crippen molar-refractivity contribution in [2.45, 2.75) is 13.5 Å². The fraction of sp³-hybridized carbons (Fsp3) is 0.154. The first-order valence-corrected chi connectivity index (χ1v) is 5.23. The van der Waals surface area contributed by atoms with Gasteiger partial charge in [0, 0.05) is 31.5 Å². The van der Waals surface area contributed by atoms with Gasteiger partial charge in [0.25, 0.3) is 0 Å². The van der Waals surface area contributed by atoms with Crippen LogP contribution in [0.1, 0.15) is 12.5 Å². The van der Waals surface area contributed by atoms with Crippen LogP contribution in [-0.4, -0.2) is 10.5 Å². The molecule has 1 aromatic carbocycles. The standard InChI is InChI=1S/C13H14N2O/c1-11(16)14-10-12-6-2-3-7-13(12)15-8-4-5-9-15/h2-9H,10H2,1H3,(H,14,16). The highest BCUT2D eigenvalue weighted by molar-refractivity contribution is 5.72. The van der Waals surface area contributed by atoms with E-state index in [1.54, 1.807) is 0 Å². The second kappa shape index (κ2) is 4.66. The van der Waals surface area contributed by atoms with E-state index in [1.807, 2.05) is 53.4 Å². The molecule has 0 aliphatic rings. The summed E-state index contributed by atoms with van der Waals surface area (Å²) in [5.41, 5.74) is 2.20. The molecule has 0 aliphatic heterocycles. The second-order valence-corrected chi connectivity index (χ2v) is 3.63. The van der Waals surface area contributed by atoms with E-state index in [9.17, 15) is 4.79 Å². The molecule has 0 unspecified atom stereocenters. The van der Waals surface area contributed by atoms with Gasteiger partial charge in [-0.15, -0.1) is 0 Å². The molecular weight excluding hydrogens is 200 g/mol. The van der Waals surface area contributed by atoms with Gasteiger partial charge in [0.2, 0.25) is 5.91 Å². The SMILES string of the molecule is CC(=O)NCc1ccccc1-n1cccc1. The minimum absolute atomic E-state index is 0.0118. The zero-order chi connectivity index (χ0) is 11.4. The fourth-order valence-electron chi connectivity index (χ4n) is 1.63. The van der Waals surface area contributed by atoms with E-state index in [2.05, 4.69) is 5.32 Å². The van der Waals surface area contributed by atoms with Crippen molar-refractivity contribution in [3.05, 3.63) is 54.4 Å². The van der Waals surface area contributed by atoms with Crippen LogP contribution in [0.2, 0.25) is 0 Å². The van der Waals surface area contributed by atoms with Crippen molar-refractivity contribution in [3.63, 3.8) is 0 Å². The Labute approximate surface area is 94.7 Å². The van der Waals surface area contributed by atoms with Gasteiger partial charge in [-0.2, -0.15) is 0 Å². The molecular formula is C13H14N2O. The van der Waals surface area contributed by atoms with E-state index in [-0.39, 0.29) is 5.91 Å². The van der Waals surface area contributed by atoms with Gasteiger partial charge in [-0.05, 0) is 23.8 Å². The van der Waals surface area contributed by atoms with E-state index in [4.69, 9.17) is 0 Å². The monoisotopic (exact) mass is 214 g/mol. The van der Waals surface area contributed by atoms with Gasteiger partial charge in [-0.3, -0.25) is 4.79 Å². The maximum atomic E-state index is 10.9. The molecule has 0 bridgehead atoms. The van der Waals surface area contributed by atoms with Crippen LogP contribution in [0.5, 0.6) is 0 Å². The maximum absolute atomic E-state index is 10.9. The highest BCUT2D eigenvalue weighted by atomic mass is 16.1. The lowest BCUT2D eigenvalue weighted by atomic mass is 10.1. The quantitative estimate of drug-likeness (QED) is 0.834. The van der Waals surface area contributed by atoms with E-state index >= 15 is 0 Å². The summed E-state index contributed by atoms with van der Waals surface area (Å²) in [5, 5.41) is 2.81. The smallest absolute Gasteiger partial charge is 0.217 e.